The van der Waals surface area contributed by atoms with Crippen LogP contribution >= 0.6 is 0 Å². The summed E-state index contributed by atoms with van der Waals surface area (Å²) in [7, 11) is 0. The molecule has 0 atom stereocenters. The van der Waals surface area contributed by atoms with Gasteiger partial charge in [-0.2, -0.15) is 0 Å². The second kappa shape index (κ2) is 5.97. The smallest absolute Gasteiger partial charge is 0.262 e. The zero-order chi connectivity index (χ0) is 14.8. The normalized spacial score (nSPS) is 20.0. The van der Waals surface area contributed by atoms with Crippen molar-refractivity contribution < 1.29 is 0 Å². The third kappa shape index (κ3) is 3.00. The molecule has 114 valence electrons. The number of hydrogen-bond donors (Lipinski definition) is 4. The van der Waals surface area contributed by atoms with Crippen molar-refractivity contribution in [3.8, 4) is 0 Å². The van der Waals surface area contributed by atoms with Crippen molar-refractivity contribution in [2.45, 2.75) is 51.0 Å². The van der Waals surface area contributed by atoms with Crippen molar-refractivity contribution >= 4 is 11.5 Å². The second-order valence-electron chi connectivity index (χ2n) is 6.13. The Hall–Kier alpha value is -1.69. The summed E-state index contributed by atoms with van der Waals surface area (Å²) in [4.78, 5) is 19.8. The fraction of sp³-hybridized carbons (Fsp3) is 0.667. The van der Waals surface area contributed by atoms with Gasteiger partial charge in [-0.15, -0.1) is 0 Å². The molecule has 1 saturated heterocycles. The van der Waals surface area contributed by atoms with Crippen LogP contribution in [0.3, 0.4) is 0 Å². The fourth-order valence-corrected chi connectivity index (χ4v) is 3.06. The van der Waals surface area contributed by atoms with Crippen molar-refractivity contribution in [2.24, 2.45) is 0 Å². The van der Waals surface area contributed by atoms with Crippen LogP contribution in [-0.4, -0.2) is 34.8 Å². The molecule has 0 aromatic carbocycles. The highest BCUT2D eigenvalue weighted by Gasteiger charge is 2.25. The van der Waals surface area contributed by atoms with E-state index in [1.165, 1.54) is 19.3 Å². The van der Waals surface area contributed by atoms with Crippen LogP contribution in [0.2, 0.25) is 0 Å². The Morgan fingerprint density at radius 2 is 2.00 bits per heavy atom. The van der Waals surface area contributed by atoms with E-state index in [-0.39, 0.29) is 17.2 Å². The van der Waals surface area contributed by atoms with Crippen LogP contribution in [0.15, 0.2) is 4.79 Å². The molecule has 1 aliphatic carbocycles. The maximum Gasteiger partial charge on any atom is 0.262 e. The highest BCUT2D eigenvalue weighted by Crippen LogP contribution is 2.23. The van der Waals surface area contributed by atoms with Gasteiger partial charge in [0.1, 0.15) is 17.2 Å². The molecule has 0 unspecified atom stereocenters. The Labute approximate surface area is 124 Å². The quantitative estimate of drug-likeness (QED) is 0.633. The van der Waals surface area contributed by atoms with Gasteiger partial charge in [0.2, 0.25) is 0 Å². The van der Waals surface area contributed by atoms with Crippen LogP contribution in [0.5, 0.6) is 0 Å². The third-order valence-electron chi connectivity index (χ3n) is 4.43. The molecule has 1 aromatic rings. The molecule has 21 heavy (non-hydrogen) atoms. The Bertz CT molecular complexity index is 584. The van der Waals surface area contributed by atoms with E-state index in [0.717, 1.165) is 31.8 Å². The molecule has 0 radical (unpaired) electrons. The Morgan fingerprint density at radius 3 is 2.57 bits per heavy atom. The summed E-state index contributed by atoms with van der Waals surface area (Å²) in [5.41, 5.74) is 0.453. The van der Waals surface area contributed by atoms with Gasteiger partial charge in [0.25, 0.3) is 5.56 Å². The minimum Gasteiger partial charge on any atom is -0.367 e. The molecule has 2 heterocycles. The highest BCUT2D eigenvalue weighted by atomic mass is 16.1. The lowest BCUT2D eigenvalue weighted by Crippen LogP contribution is -2.42. The lowest BCUT2D eigenvalue weighted by molar-refractivity contribution is 0.428. The van der Waals surface area contributed by atoms with Crippen molar-refractivity contribution in [2.75, 3.05) is 18.4 Å². The summed E-state index contributed by atoms with van der Waals surface area (Å²) in [6.07, 6.45) is 5.96. The largest absolute Gasteiger partial charge is 0.367 e. The van der Waals surface area contributed by atoms with E-state index in [1.54, 1.807) is 6.92 Å². The summed E-state index contributed by atoms with van der Waals surface area (Å²) < 4.78 is 0. The SMILES string of the molecule is CC(=N)c1c(NC2CCCCC2)nc(C2CNC2)[nH]c1=O. The molecule has 6 nitrogen and oxygen atoms in total. The molecular weight excluding hydrogens is 266 g/mol. The Balaban J connectivity index is 1.92. The molecule has 0 amide bonds. The Kier molecular flexibility index (Phi) is 4.05. The zero-order valence-corrected chi connectivity index (χ0v) is 12.5. The maximum atomic E-state index is 12.3. The van der Waals surface area contributed by atoms with Crippen LogP contribution in [0.1, 0.15) is 56.3 Å². The first kappa shape index (κ1) is 14.3. The van der Waals surface area contributed by atoms with Crippen molar-refractivity contribution in [1.29, 1.82) is 5.41 Å². The molecular formula is C15H23N5O. The number of H-pyrrole nitrogens is 1. The number of nitrogens with zero attached hydrogens (tertiary/aromatic N) is 1. The van der Waals surface area contributed by atoms with Crippen LogP contribution in [0, 0.1) is 5.41 Å². The average Bonchev–Trinajstić information content (AvgIpc) is 2.36. The van der Waals surface area contributed by atoms with Gasteiger partial charge >= 0.3 is 0 Å². The summed E-state index contributed by atoms with van der Waals surface area (Å²) in [6, 6.07) is 0.374. The third-order valence-corrected chi connectivity index (χ3v) is 4.43. The van der Waals surface area contributed by atoms with Crippen LogP contribution in [0.25, 0.3) is 0 Å². The lowest BCUT2D eigenvalue weighted by atomic mass is 9.95. The van der Waals surface area contributed by atoms with Crippen molar-refractivity contribution in [1.82, 2.24) is 15.3 Å². The second-order valence-corrected chi connectivity index (χ2v) is 6.13. The number of aromatic amines is 1. The first-order chi connectivity index (χ1) is 10.1. The maximum absolute atomic E-state index is 12.3. The van der Waals surface area contributed by atoms with Gasteiger partial charge in [-0.3, -0.25) is 4.79 Å². The summed E-state index contributed by atoms with van der Waals surface area (Å²) in [6.45, 7) is 3.35. The van der Waals surface area contributed by atoms with Gasteiger partial charge < -0.3 is 21.0 Å². The van der Waals surface area contributed by atoms with Crippen LogP contribution < -0.4 is 16.2 Å². The minimum atomic E-state index is -0.197. The first-order valence-electron chi connectivity index (χ1n) is 7.82. The van der Waals surface area contributed by atoms with Crippen molar-refractivity contribution in [3.63, 3.8) is 0 Å². The molecule has 4 N–H and O–H groups in total. The van der Waals surface area contributed by atoms with E-state index in [9.17, 15) is 4.79 Å². The van der Waals surface area contributed by atoms with E-state index in [0.29, 0.717) is 17.4 Å². The number of nitrogens with one attached hydrogen (secondary N) is 4. The van der Waals surface area contributed by atoms with E-state index < -0.39 is 0 Å². The predicted molar refractivity (Wildman–Crippen MR) is 83.5 cm³/mol. The number of anilines is 1. The van der Waals surface area contributed by atoms with E-state index in [2.05, 4.69) is 20.6 Å². The van der Waals surface area contributed by atoms with E-state index in [4.69, 9.17) is 5.41 Å². The number of hydrogen-bond acceptors (Lipinski definition) is 5. The van der Waals surface area contributed by atoms with Crippen LogP contribution in [-0.2, 0) is 0 Å². The predicted octanol–water partition coefficient (Wildman–Crippen LogP) is 1.59. The zero-order valence-electron chi connectivity index (χ0n) is 12.5. The molecule has 0 spiro atoms. The van der Waals surface area contributed by atoms with Gasteiger partial charge in [0.15, 0.2) is 0 Å². The minimum absolute atomic E-state index is 0.197. The molecule has 3 rings (SSSR count). The molecule has 0 bridgehead atoms. The summed E-state index contributed by atoms with van der Waals surface area (Å²) in [5.74, 6) is 1.62. The molecule has 1 aliphatic heterocycles. The number of aromatic nitrogens is 2. The van der Waals surface area contributed by atoms with Gasteiger partial charge in [-0.05, 0) is 19.8 Å². The molecule has 2 aliphatic rings. The molecule has 1 saturated carbocycles. The molecule has 2 fully saturated rings. The summed E-state index contributed by atoms with van der Waals surface area (Å²) in [5, 5.41) is 14.5. The molecule has 6 heteroatoms. The number of rotatable bonds is 4. The van der Waals surface area contributed by atoms with Crippen molar-refractivity contribution in [3.05, 3.63) is 21.7 Å². The first-order valence-corrected chi connectivity index (χ1v) is 7.82. The monoisotopic (exact) mass is 289 g/mol. The van der Waals surface area contributed by atoms with Gasteiger partial charge in [-0.1, -0.05) is 19.3 Å². The van der Waals surface area contributed by atoms with Gasteiger partial charge in [0.05, 0.1) is 0 Å². The Morgan fingerprint density at radius 1 is 1.29 bits per heavy atom. The molecule has 1 aromatic heterocycles. The van der Waals surface area contributed by atoms with Gasteiger partial charge in [-0.25, -0.2) is 4.98 Å². The standard InChI is InChI=1S/C15H23N5O/c1-9(16)12-14(18-11-5-3-2-4-6-11)19-13(20-15(12)21)10-7-17-8-10/h10-11,16-17H,2-8H2,1H3,(H2,18,19,20,21). The van der Waals surface area contributed by atoms with Crippen LogP contribution in [0.4, 0.5) is 5.82 Å². The van der Waals surface area contributed by atoms with E-state index in [1.807, 2.05) is 0 Å². The fourth-order valence-electron chi connectivity index (χ4n) is 3.06. The summed E-state index contributed by atoms with van der Waals surface area (Å²) >= 11 is 0. The van der Waals surface area contributed by atoms with E-state index >= 15 is 0 Å². The van der Waals surface area contributed by atoms with Gasteiger partial charge in [0, 0.05) is 30.8 Å². The topological polar surface area (TPSA) is 93.7 Å². The lowest BCUT2D eigenvalue weighted by Gasteiger charge is -2.28. The average molecular weight is 289 g/mol. The highest BCUT2D eigenvalue weighted by molar-refractivity contribution is 6.00.